The van der Waals surface area contributed by atoms with Crippen molar-refractivity contribution < 1.29 is 0 Å². The Hall–Kier alpha value is -2.56. The highest BCUT2D eigenvalue weighted by Crippen LogP contribution is 2.21. The van der Waals surface area contributed by atoms with Gasteiger partial charge in [0.05, 0.1) is 6.54 Å². The second-order valence-corrected chi connectivity index (χ2v) is 7.25. The van der Waals surface area contributed by atoms with Crippen molar-refractivity contribution in [2.75, 3.05) is 32.5 Å². The highest BCUT2D eigenvalue weighted by Gasteiger charge is 2.04. The SMILES string of the molecule is CN(C)CCNc1ccc(-c2ccc(=O)n(Cc3ccc(Cl)cc3)c2)cc1. The lowest BCUT2D eigenvalue weighted by Gasteiger charge is -2.12. The molecular formula is C22H24ClN3O. The van der Waals surface area contributed by atoms with Gasteiger partial charge in [-0.05, 0) is 61.1 Å². The maximum atomic E-state index is 12.2. The molecule has 4 nitrogen and oxygen atoms in total. The molecule has 3 aromatic rings. The number of nitrogens with zero attached hydrogens (tertiary/aromatic N) is 2. The summed E-state index contributed by atoms with van der Waals surface area (Å²) in [5, 5.41) is 4.10. The molecule has 0 spiro atoms. The van der Waals surface area contributed by atoms with Gasteiger partial charge in [-0.2, -0.15) is 0 Å². The molecule has 2 aromatic carbocycles. The molecule has 1 N–H and O–H groups in total. The van der Waals surface area contributed by atoms with Crippen molar-refractivity contribution in [1.82, 2.24) is 9.47 Å². The van der Waals surface area contributed by atoms with Crippen LogP contribution >= 0.6 is 11.6 Å². The molecule has 0 aliphatic rings. The van der Waals surface area contributed by atoms with Gasteiger partial charge >= 0.3 is 0 Å². The zero-order valence-electron chi connectivity index (χ0n) is 15.7. The first kappa shape index (κ1) is 19.2. The normalized spacial score (nSPS) is 11.0. The van der Waals surface area contributed by atoms with E-state index in [0.717, 1.165) is 35.5 Å². The fourth-order valence-corrected chi connectivity index (χ4v) is 2.94. The van der Waals surface area contributed by atoms with Gasteiger partial charge in [0.2, 0.25) is 0 Å². The number of likely N-dealkylation sites (N-methyl/N-ethyl adjacent to an activating group) is 1. The van der Waals surface area contributed by atoms with Gasteiger partial charge in [0.25, 0.3) is 5.56 Å². The van der Waals surface area contributed by atoms with Crippen LogP contribution in [0, 0.1) is 0 Å². The van der Waals surface area contributed by atoms with Crippen LogP contribution in [0.15, 0.2) is 71.7 Å². The molecule has 5 heteroatoms. The van der Waals surface area contributed by atoms with Crippen LogP contribution < -0.4 is 10.9 Å². The minimum Gasteiger partial charge on any atom is -0.384 e. The van der Waals surface area contributed by atoms with Crippen LogP contribution in [0.1, 0.15) is 5.56 Å². The van der Waals surface area contributed by atoms with Gasteiger partial charge in [-0.25, -0.2) is 0 Å². The van der Waals surface area contributed by atoms with Crippen LogP contribution in [0.2, 0.25) is 5.02 Å². The molecule has 140 valence electrons. The summed E-state index contributed by atoms with van der Waals surface area (Å²) in [6.07, 6.45) is 1.91. The van der Waals surface area contributed by atoms with Crippen molar-refractivity contribution >= 4 is 17.3 Å². The molecule has 3 rings (SSSR count). The highest BCUT2D eigenvalue weighted by atomic mass is 35.5. The Morgan fingerprint density at radius 2 is 1.59 bits per heavy atom. The number of aromatic nitrogens is 1. The molecule has 27 heavy (non-hydrogen) atoms. The van der Waals surface area contributed by atoms with Crippen molar-refractivity contribution in [3.63, 3.8) is 0 Å². The Kier molecular flexibility index (Phi) is 6.32. The maximum Gasteiger partial charge on any atom is 0.250 e. The number of benzene rings is 2. The smallest absolute Gasteiger partial charge is 0.250 e. The summed E-state index contributed by atoms with van der Waals surface area (Å²) in [4.78, 5) is 14.4. The number of nitrogens with one attached hydrogen (secondary N) is 1. The van der Waals surface area contributed by atoms with Gasteiger partial charge in [-0.15, -0.1) is 0 Å². The van der Waals surface area contributed by atoms with E-state index in [1.807, 2.05) is 36.5 Å². The fraction of sp³-hybridized carbons (Fsp3) is 0.227. The molecule has 0 amide bonds. The predicted octanol–water partition coefficient (Wildman–Crippen LogP) is 4.19. The topological polar surface area (TPSA) is 37.3 Å². The first-order valence-electron chi connectivity index (χ1n) is 8.95. The van der Waals surface area contributed by atoms with E-state index in [1.54, 1.807) is 10.6 Å². The molecular weight excluding hydrogens is 358 g/mol. The van der Waals surface area contributed by atoms with Crippen molar-refractivity contribution in [2.24, 2.45) is 0 Å². The van der Waals surface area contributed by atoms with E-state index >= 15 is 0 Å². The zero-order chi connectivity index (χ0) is 19.2. The average molecular weight is 382 g/mol. The number of pyridine rings is 1. The minimum atomic E-state index is -0.0179. The zero-order valence-corrected chi connectivity index (χ0v) is 16.4. The number of rotatable bonds is 7. The van der Waals surface area contributed by atoms with Crippen molar-refractivity contribution in [3.05, 3.63) is 87.8 Å². The molecule has 0 fully saturated rings. The maximum absolute atomic E-state index is 12.2. The van der Waals surface area contributed by atoms with Crippen LogP contribution in [0.5, 0.6) is 0 Å². The first-order chi connectivity index (χ1) is 13.0. The largest absolute Gasteiger partial charge is 0.384 e. The van der Waals surface area contributed by atoms with Crippen molar-refractivity contribution in [3.8, 4) is 11.1 Å². The molecule has 0 atom stereocenters. The summed E-state index contributed by atoms with van der Waals surface area (Å²) >= 11 is 5.93. The Balaban J connectivity index is 1.75. The van der Waals surface area contributed by atoms with Gasteiger partial charge in [0.15, 0.2) is 0 Å². The number of hydrogen-bond acceptors (Lipinski definition) is 3. The van der Waals surface area contributed by atoms with Crippen LogP contribution in [-0.4, -0.2) is 36.7 Å². The molecule has 0 aliphatic carbocycles. The Morgan fingerprint density at radius 3 is 2.26 bits per heavy atom. The summed E-state index contributed by atoms with van der Waals surface area (Å²) in [5.74, 6) is 0. The third kappa shape index (κ3) is 5.46. The van der Waals surface area contributed by atoms with E-state index in [9.17, 15) is 4.79 Å². The fourth-order valence-electron chi connectivity index (χ4n) is 2.82. The number of anilines is 1. The monoisotopic (exact) mass is 381 g/mol. The average Bonchev–Trinajstić information content (AvgIpc) is 2.66. The van der Waals surface area contributed by atoms with Crippen molar-refractivity contribution in [2.45, 2.75) is 6.54 Å². The Labute approximate surface area is 165 Å². The standard InChI is InChI=1S/C22H24ClN3O/c1-25(2)14-13-24-21-10-5-18(6-11-21)19-7-12-22(27)26(16-19)15-17-3-8-20(23)9-4-17/h3-12,16,24H,13-15H2,1-2H3. The van der Waals surface area contributed by atoms with E-state index in [0.29, 0.717) is 11.6 Å². The van der Waals surface area contributed by atoms with E-state index in [2.05, 4.69) is 48.6 Å². The Morgan fingerprint density at radius 1 is 0.926 bits per heavy atom. The molecule has 0 saturated heterocycles. The molecule has 0 bridgehead atoms. The number of halogens is 1. The van der Waals surface area contributed by atoms with Gasteiger partial charge in [-0.3, -0.25) is 4.79 Å². The summed E-state index contributed by atoms with van der Waals surface area (Å²) in [7, 11) is 4.12. The van der Waals surface area contributed by atoms with E-state index < -0.39 is 0 Å². The van der Waals surface area contributed by atoms with Crippen LogP contribution in [-0.2, 0) is 6.54 Å². The second kappa shape index (κ2) is 8.89. The highest BCUT2D eigenvalue weighted by molar-refractivity contribution is 6.30. The lowest BCUT2D eigenvalue weighted by Crippen LogP contribution is -2.20. The van der Waals surface area contributed by atoms with Crippen LogP contribution in [0.25, 0.3) is 11.1 Å². The summed E-state index contributed by atoms with van der Waals surface area (Å²) in [6.45, 7) is 2.41. The molecule has 0 radical (unpaired) electrons. The second-order valence-electron chi connectivity index (χ2n) is 6.82. The first-order valence-corrected chi connectivity index (χ1v) is 9.33. The van der Waals surface area contributed by atoms with Crippen LogP contribution in [0.3, 0.4) is 0 Å². The molecule has 0 unspecified atom stereocenters. The molecule has 0 saturated carbocycles. The number of hydrogen-bond donors (Lipinski definition) is 1. The lowest BCUT2D eigenvalue weighted by atomic mass is 10.1. The molecule has 1 aromatic heterocycles. The predicted molar refractivity (Wildman–Crippen MR) is 114 cm³/mol. The Bertz CT molecular complexity index is 931. The van der Waals surface area contributed by atoms with Gasteiger partial charge < -0.3 is 14.8 Å². The minimum absolute atomic E-state index is 0.0179. The van der Waals surface area contributed by atoms with Crippen LogP contribution in [0.4, 0.5) is 5.69 Å². The summed E-state index contributed by atoms with van der Waals surface area (Å²) in [5.41, 5.74) is 4.21. The van der Waals surface area contributed by atoms with Crippen molar-refractivity contribution in [1.29, 1.82) is 0 Å². The molecule has 1 heterocycles. The van der Waals surface area contributed by atoms with Gasteiger partial charge in [0.1, 0.15) is 0 Å². The van der Waals surface area contributed by atoms with E-state index in [-0.39, 0.29) is 5.56 Å². The summed E-state index contributed by atoms with van der Waals surface area (Å²) < 4.78 is 1.72. The summed E-state index contributed by atoms with van der Waals surface area (Å²) in [6, 6.07) is 19.3. The van der Waals surface area contributed by atoms with Gasteiger partial charge in [0, 0.05) is 36.1 Å². The third-order valence-corrected chi connectivity index (χ3v) is 4.61. The van der Waals surface area contributed by atoms with E-state index in [1.165, 1.54) is 0 Å². The van der Waals surface area contributed by atoms with E-state index in [4.69, 9.17) is 11.6 Å². The lowest BCUT2D eigenvalue weighted by molar-refractivity contribution is 0.425. The third-order valence-electron chi connectivity index (χ3n) is 4.36. The quantitative estimate of drug-likeness (QED) is 0.666. The molecule has 0 aliphatic heterocycles. The van der Waals surface area contributed by atoms with Gasteiger partial charge in [-0.1, -0.05) is 35.9 Å².